The molecule has 0 atom stereocenters. The largest absolute Gasteiger partial charge is 0.515 e. The Morgan fingerprint density at radius 2 is 1.69 bits per heavy atom. The maximum atomic E-state index is 12.3. The molecule has 0 aliphatic heterocycles. The number of rotatable bonds is 8. The van der Waals surface area contributed by atoms with Crippen LogP contribution in [-0.4, -0.2) is 16.1 Å². The molecule has 0 amide bonds. The fraction of sp³-hybridized carbons (Fsp3) is 0.261. The SMILES string of the molecule is CCCCc1c(C)nc(Nc2ccccc2)nc1OC(=O)OCc1ccccc1. The van der Waals surface area contributed by atoms with Crippen LogP contribution in [0.1, 0.15) is 36.6 Å². The predicted octanol–water partition coefficient (Wildman–Crippen LogP) is 5.59. The van der Waals surface area contributed by atoms with Gasteiger partial charge in [-0.3, -0.25) is 0 Å². The van der Waals surface area contributed by atoms with E-state index in [0.29, 0.717) is 5.95 Å². The molecule has 6 nitrogen and oxygen atoms in total. The molecule has 29 heavy (non-hydrogen) atoms. The highest BCUT2D eigenvalue weighted by molar-refractivity contribution is 5.64. The average molecular weight is 391 g/mol. The molecule has 0 aliphatic carbocycles. The van der Waals surface area contributed by atoms with Gasteiger partial charge in [-0.25, -0.2) is 9.78 Å². The van der Waals surface area contributed by atoms with Crippen LogP contribution < -0.4 is 10.1 Å². The van der Waals surface area contributed by atoms with Gasteiger partial charge in [0.1, 0.15) is 6.61 Å². The molecule has 1 aromatic heterocycles. The zero-order chi connectivity index (χ0) is 20.5. The number of benzene rings is 2. The molecular weight excluding hydrogens is 366 g/mol. The van der Waals surface area contributed by atoms with Crippen molar-refractivity contribution < 1.29 is 14.3 Å². The molecule has 0 spiro atoms. The topological polar surface area (TPSA) is 73.3 Å². The lowest BCUT2D eigenvalue weighted by Crippen LogP contribution is -2.15. The summed E-state index contributed by atoms with van der Waals surface area (Å²) in [6.07, 6.45) is 1.91. The molecule has 0 radical (unpaired) electrons. The minimum absolute atomic E-state index is 0.142. The van der Waals surface area contributed by atoms with Crippen LogP contribution in [0.25, 0.3) is 0 Å². The van der Waals surface area contributed by atoms with Gasteiger partial charge in [-0.15, -0.1) is 0 Å². The van der Waals surface area contributed by atoms with E-state index in [4.69, 9.17) is 9.47 Å². The summed E-state index contributed by atoms with van der Waals surface area (Å²) in [6, 6.07) is 19.1. The van der Waals surface area contributed by atoms with Gasteiger partial charge in [0.25, 0.3) is 0 Å². The summed E-state index contributed by atoms with van der Waals surface area (Å²) in [5, 5.41) is 3.15. The summed E-state index contributed by atoms with van der Waals surface area (Å²) in [5.74, 6) is 0.613. The number of nitrogens with one attached hydrogen (secondary N) is 1. The number of hydrogen-bond donors (Lipinski definition) is 1. The summed E-state index contributed by atoms with van der Waals surface area (Å²) >= 11 is 0. The highest BCUT2D eigenvalue weighted by Gasteiger charge is 2.17. The number of anilines is 2. The maximum Gasteiger partial charge on any atom is 0.515 e. The van der Waals surface area contributed by atoms with Gasteiger partial charge in [-0.2, -0.15) is 4.98 Å². The number of carbonyl (C=O) groups excluding carboxylic acids is 1. The first-order valence-corrected chi connectivity index (χ1v) is 9.74. The van der Waals surface area contributed by atoms with Gasteiger partial charge < -0.3 is 14.8 Å². The van der Waals surface area contributed by atoms with Crippen molar-refractivity contribution in [2.45, 2.75) is 39.7 Å². The Hall–Kier alpha value is -3.41. The Morgan fingerprint density at radius 1 is 1.00 bits per heavy atom. The number of carbonyl (C=O) groups is 1. The number of nitrogens with zero attached hydrogens (tertiary/aromatic N) is 2. The van der Waals surface area contributed by atoms with E-state index in [2.05, 4.69) is 22.2 Å². The van der Waals surface area contributed by atoms with Crippen LogP contribution in [0, 0.1) is 6.92 Å². The van der Waals surface area contributed by atoms with Gasteiger partial charge in [0, 0.05) is 16.9 Å². The molecule has 6 heteroatoms. The van der Waals surface area contributed by atoms with Crippen molar-refractivity contribution in [1.29, 1.82) is 0 Å². The fourth-order valence-corrected chi connectivity index (χ4v) is 2.83. The van der Waals surface area contributed by atoms with E-state index in [1.807, 2.05) is 67.6 Å². The lowest BCUT2D eigenvalue weighted by Gasteiger charge is -2.14. The van der Waals surface area contributed by atoms with E-state index in [0.717, 1.165) is 41.8 Å². The molecule has 0 saturated heterocycles. The van der Waals surface area contributed by atoms with Crippen LogP contribution in [0.3, 0.4) is 0 Å². The van der Waals surface area contributed by atoms with Gasteiger partial charge in [-0.05, 0) is 37.5 Å². The highest BCUT2D eigenvalue weighted by atomic mass is 16.7. The first-order chi connectivity index (χ1) is 14.2. The average Bonchev–Trinajstić information content (AvgIpc) is 2.73. The highest BCUT2D eigenvalue weighted by Crippen LogP contribution is 2.25. The van der Waals surface area contributed by atoms with Crippen molar-refractivity contribution in [1.82, 2.24) is 9.97 Å². The van der Waals surface area contributed by atoms with Crippen molar-refractivity contribution >= 4 is 17.8 Å². The number of aromatic nitrogens is 2. The second-order valence-corrected chi connectivity index (χ2v) is 6.64. The number of para-hydroxylation sites is 1. The standard InChI is InChI=1S/C23H25N3O3/c1-3-4-15-20-17(2)24-22(25-19-13-9-6-10-14-19)26-21(20)29-23(27)28-16-18-11-7-5-8-12-18/h5-14H,3-4,15-16H2,1-2H3,(H,24,25,26). The Labute approximate surface area is 170 Å². The van der Waals surface area contributed by atoms with Gasteiger partial charge in [0.2, 0.25) is 11.8 Å². The van der Waals surface area contributed by atoms with Crippen LogP contribution in [-0.2, 0) is 17.8 Å². The Kier molecular flexibility index (Phi) is 7.16. The number of aryl methyl sites for hydroxylation is 1. The zero-order valence-electron chi connectivity index (χ0n) is 16.7. The van der Waals surface area contributed by atoms with Crippen LogP contribution in [0.4, 0.5) is 16.4 Å². The molecule has 3 aromatic rings. The number of hydrogen-bond acceptors (Lipinski definition) is 6. The Balaban J connectivity index is 1.76. The molecule has 0 aliphatic rings. The van der Waals surface area contributed by atoms with Crippen molar-refractivity contribution in [2.24, 2.45) is 0 Å². The fourth-order valence-electron chi connectivity index (χ4n) is 2.83. The molecule has 2 aromatic carbocycles. The molecule has 0 fully saturated rings. The van der Waals surface area contributed by atoms with E-state index in [1.54, 1.807) is 0 Å². The van der Waals surface area contributed by atoms with Crippen LogP contribution >= 0.6 is 0 Å². The Morgan fingerprint density at radius 3 is 2.38 bits per heavy atom. The van der Waals surface area contributed by atoms with E-state index in [1.165, 1.54) is 0 Å². The third-order valence-electron chi connectivity index (χ3n) is 4.37. The molecule has 1 N–H and O–H groups in total. The lowest BCUT2D eigenvalue weighted by atomic mass is 10.1. The molecule has 0 bridgehead atoms. The van der Waals surface area contributed by atoms with E-state index >= 15 is 0 Å². The smallest absolute Gasteiger partial charge is 0.429 e. The maximum absolute atomic E-state index is 12.3. The van der Waals surface area contributed by atoms with Crippen molar-refractivity contribution in [3.63, 3.8) is 0 Å². The van der Waals surface area contributed by atoms with Gasteiger partial charge in [0.05, 0.1) is 0 Å². The molecule has 150 valence electrons. The van der Waals surface area contributed by atoms with Gasteiger partial charge >= 0.3 is 6.16 Å². The third kappa shape index (κ3) is 6.04. The normalized spacial score (nSPS) is 10.4. The summed E-state index contributed by atoms with van der Waals surface area (Å²) in [7, 11) is 0. The number of ether oxygens (including phenoxy) is 2. The van der Waals surface area contributed by atoms with E-state index < -0.39 is 6.16 Å². The number of unbranched alkanes of at least 4 members (excludes halogenated alkanes) is 1. The van der Waals surface area contributed by atoms with Crippen LogP contribution in [0.15, 0.2) is 60.7 Å². The lowest BCUT2D eigenvalue weighted by molar-refractivity contribution is 0.0908. The summed E-state index contributed by atoms with van der Waals surface area (Å²) in [6.45, 7) is 4.14. The minimum atomic E-state index is -0.782. The van der Waals surface area contributed by atoms with Gasteiger partial charge in [-0.1, -0.05) is 61.9 Å². The molecular formula is C23H25N3O3. The van der Waals surface area contributed by atoms with Crippen molar-refractivity contribution in [3.8, 4) is 5.88 Å². The molecule has 0 saturated carbocycles. The quantitative estimate of drug-likeness (QED) is 0.505. The second-order valence-electron chi connectivity index (χ2n) is 6.64. The Bertz CT molecular complexity index is 931. The van der Waals surface area contributed by atoms with Gasteiger partial charge in [0.15, 0.2) is 0 Å². The summed E-state index contributed by atoms with van der Waals surface area (Å²) in [4.78, 5) is 21.2. The second kappa shape index (κ2) is 10.2. The zero-order valence-corrected chi connectivity index (χ0v) is 16.7. The summed E-state index contributed by atoms with van der Waals surface area (Å²) < 4.78 is 10.7. The summed E-state index contributed by atoms with van der Waals surface area (Å²) in [5.41, 5.74) is 3.34. The van der Waals surface area contributed by atoms with Crippen molar-refractivity contribution in [3.05, 3.63) is 77.5 Å². The van der Waals surface area contributed by atoms with E-state index in [-0.39, 0.29) is 12.5 Å². The van der Waals surface area contributed by atoms with Crippen LogP contribution in [0.5, 0.6) is 5.88 Å². The first-order valence-electron chi connectivity index (χ1n) is 9.74. The molecule has 3 rings (SSSR count). The van der Waals surface area contributed by atoms with Crippen molar-refractivity contribution in [2.75, 3.05) is 5.32 Å². The molecule has 0 unspecified atom stereocenters. The minimum Gasteiger partial charge on any atom is -0.429 e. The predicted molar refractivity (Wildman–Crippen MR) is 112 cm³/mol. The first kappa shape index (κ1) is 20.3. The molecule has 1 heterocycles. The third-order valence-corrected chi connectivity index (χ3v) is 4.37. The van der Waals surface area contributed by atoms with Crippen LogP contribution in [0.2, 0.25) is 0 Å². The van der Waals surface area contributed by atoms with E-state index in [9.17, 15) is 4.79 Å². The monoisotopic (exact) mass is 391 g/mol.